The van der Waals surface area contributed by atoms with Gasteiger partial charge in [-0.05, 0) is 51.8 Å². The normalized spacial score (nSPS) is 16.2. The van der Waals surface area contributed by atoms with Crippen LogP contribution in [-0.4, -0.2) is 56.6 Å². The van der Waals surface area contributed by atoms with E-state index in [9.17, 15) is 9.59 Å². The first kappa shape index (κ1) is 23.1. The average molecular weight is 493 g/mol. The number of nitrogens with zero attached hydrogens (tertiary/aromatic N) is 5. The van der Waals surface area contributed by atoms with Gasteiger partial charge in [-0.1, -0.05) is 11.6 Å². The number of rotatable bonds is 2. The van der Waals surface area contributed by atoms with Gasteiger partial charge in [-0.25, -0.2) is 14.6 Å². The molecule has 3 aromatic heterocycles. The lowest BCUT2D eigenvalue weighted by atomic mass is 10.0. The number of likely N-dealkylation sites (tertiary alicyclic amines) is 1. The van der Waals surface area contributed by atoms with E-state index in [4.69, 9.17) is 16.3 Å². The largest absolute Gasteiger partial charge is 0.444 e. The molecule has 0 unspecified atom stereocenters. The zero-order chi connectivity index (χ0) is 24.7. The smallest absolute Gasteiger partial charge is 0.410 e. The number of fused-ring (bicyclic) bond motifs is 3. The minimum absolute atomic E-state index is 0.00157. The predicted octanol–water partition coefficient (Wildman–Crippen LogP) is 4.65. The van der Waals surface area contributed by atoms with Crippen LogP contribution in [0.2, 0.25) is 5.15 Å². The van der Waals surface area contributed by atoms with Crippen molar-refractivity contribution < 1.29 is 14.3 Å². The van der Waals surface area contributed by atoms with Crippen LogP contribution >= 0.6 is 11.6 Å². The molecule has 5 rings (SSSR count). The number of anilines is 2. The molecule has 2 aliphatic rings. The van der Waals surface area contributed by atoms with Gasteiger partial charge >= 0.3 is 6.09 Å². The molecule has 1 N–H and O–H groups in total. The van der Waals surface area contributed by atoms with Crippen molar-refractivity contribution in [3.05, 3.63) is 47.8 Å². The third-order valence-electron chi connectivity index (χ3n) is 6.06. The Bertz CT molecular complexity index is 1340. The summed E-state index contributed by atoms with van der Waals surface area (Å²) in [6.07, 6.45) is 6.13. The SMILES string of the molecule is CC(C)(C)OC(=O)N1CCC(N2C(=C=O)Nc3cnc4cnc(-c5ccc(Cl)nc5)cc4c32)CC1. The summed E-state index contributed by atoms with van der Waals surface area (Å²) in [6.45, 7) is 6.63. The highest BCUT2D eigenvalue weighted by Crippen LogP contribution is 2.44. The number of carbonyl (C=O) groups is 1. The molecule has 0 aromatic carbocycles. The lowest BCUT2D eigenvalue weighted by Gasteiger charge is -2.37. The van der Waals surface area contributed by atoms with Gasteiger partial charge in [0, 0.05) is 36.3 Å². The third kappa shape index (κ3) is 4.52. The van der Waals surface area contributed by atoms with Crippen molar-refractivity contribution in [1.29, 1.82) is 0 Å². The molecule has 35 heavy (non-hydrogen) atoms. The van der Waals surface area contributed by atoms with E-state index in [0.29, 0.717) is 42.4 Å². The topological polar surface area (TPSA) is 101 Å². The Hall–Kier alpha value is -3.68. The number of ether oxygens (including phenoxy) is 1. The van der Waals surface area contributed by atoms with Crippen LogP contribution in [0.4, 0.5) is 16.2 Å². The molecule has 2 aliphatic heterocycles. The predicted molar refractivity (Wildman–Crippen MR) is 134 cm³/mol. The van der Waals surface area contributed by atoms with Crippen molar-refractivity contribution in [3.63, 3.8) is 0 Å². The number of halogens is 1. The Labute approximate surface area is 207 Å². The number of hydrogen-bond acceptors (Lipinski definition) is 8. The first-order valence-electron chi connectivity index (χ1n) is 11.4. The Kier molecular flexibility index (Phi) is 5.83. The van der Waals surface area contributed by atoms with Crippen molar-refractivity contribution >= 4 is 45.9 Å². The first-order valence-corrected chi connectivity index (χ1v) is 11.8. The van der Waals surface area contributed by atoms with Gasteiger partial charge in [-0.15, -0.1) is 0 Å². The Balaban J connectivity index is 1.47. The van der Waals surface area contributed by atoms with Crippen LogP contribution in [0.5, 0.6) is 0 Å². The van der Waals surface area contributed by atoms with Gasteiger partial charge in [0.15, 0.2) is 11.8 Å². The second-order valence-electron chi connectivity index (χ2n) is 9.62. The van der Waals surface area contributed by atoms with Gasteiger partial charge in [0.05, 0.1) is 35.0 Å². The number of piperidine rings is 1. The standard InChI is InChI=1S/C25H25ClN6O3/c1-25(2,3)35-24(34)31-8-6-16(7-9-31)32-22(14-33)30-20-13-28-19-12-27-18(10-17(19)23(20)32)15-4-5-21(26)29-11-15/h4-5,10-13,16,30H,6-9H2,1-3H3. The van der Waals surface area contributed by atoms with Crippen molar-refractivity contribution in [3.8, 4) is 11.3 Å². The summed E-state index contributed by atoms with van der Waals surface area (Å²) in [6, 6.07) is 5.53. The Morgan fingerprint density at radius 2 is 1.91 bits per heavy atom. The molecule has 0 aliphatic carbocycles. The van der Waals surface area contributed by atoms with E-state index in [-0.39, 0.29) is 12.1 Å². The maximum atomic E-state index is 12.5. The fourth-order valence-corrected chi connectivity index (χ4v) is 4.60. The first-order chi connectivity index (χ1) is 16.7. The summed E-state index contributed by atoms with van der Waals surface area (Å²) in [5, 5.41) is 4.42. The molecule has 0 radical (unpaired) electrons. The highest BCUT2D eigenvalue weighted by atomic mass is 35.5. The van der Waals surface area contributed by atoms with Gasteiger partial charge in [-0.2, -0.15) is 0 Å². The molecule has 9 nitrogen and oxygen atoms in total. The zero-order valence-corrected chi connectivity index (χ0v) is 20.5. The van der Waals surface area contributed by atoms with Crippen molar-refractivity contribution in [2.75, 3.05) is 23.3 Å². The van der Waals surface area contributed by atoms with Crippen molar-refractivity contribution in [1.82, 2.24) is 19.9 Å². The second kappa shape index (κ2) is 8.83. The summed E-state index contributed by atoms with van der Waals surface area (Å²) in [4.78, 5) is 41.3. The average Bonchev–Trinajstić information content (AvgIpc) is 3.22. The van der Waals surface area contributed by atoms with Gasteiger partial charge in [0.25, 0.3) is 0 Å². The summed E-state index contributed by atoms with van der Waals surface area (Å²) in [5.74, 6) is 2.39. The third-order valence-corrected chi connectivity index (χ3v) is 6.29. The number of nitrogens with one attached hydrogen (secondary N) is 1. The summed E-state index contributed by atoms with van der Waals surface area (Å²) in [5.41, 5.74) is 3.30. The van der Waals surface area contributed by atoms with Crippen LogP contribution in [0.25, 0.3) is 22.2 Å². The zero-order valence-electron chi connectivity index (χ0n) is 19.7. The minimum Gasteiger partial charge on any atom is -0.444 e. The number of hydrogen-bond donors (Lipinski definition) is 1. The van der Waals surface area contributed by atoms with E-state index in [1.807, 2.05) is 43.7 Å². The van der Waals surface area contributed by atoms with Gasteiger partial charge in [-0.3, -0.25) is 9.97 Å². The van der Waals surface area contributed by atoms with E-state index >= 15 is 0 Å². The lowest BCUT2D eigenvalue weighted by Crippen LogP contribution is -2.47. The number of amides is 1. The summed E-state index contributed by atoms with van der Waals surface area (Å²) in [7, 11) is 0. The van der Waals surface area contributed by atoms with Crippen LogP contribution in [0.15, 0.2) is 42.6 Å². The highest BCUT2D eigenvalue weighted by Gasteiger charge is 2.36. The minimum atomic E-state index is -0.545. The van der Waals surface area contributed by atoms with Crippen LogP contribution in [0.3, 0.4) is 0 Å². The molecule has 1 saturated heterocycles. The van der Waals surface area contributed by atoms with E-state index in [1.54, 1.807) is 29.6 Å². The van der Waals surface area contributed by atoms with Crippen LogP contribution in [-0.2, 0) is 9.53 Å². The molecule has 0 bridgehead atoms. The fourth-order valence-electron chi connectivity index (χ4n) is 4.49. The van der Waals surface area contributed by atoms with E-state index in [1.165, 1.54) is 0 Å². The van der Waals surface area contributed by atoms with Crippen LogP contribution < -0.4 is 10.2 Å². The van der Waals surface area contributed by atoms with E-state index in [0.717, 1.165) is 28.0 Å². The Morgan fingerprint density at radius 3 is 2.57 bits per heavy atom. The molecule has 10 heteroatoms. The summed E-state index contributed by atoms with van der Waals surface area (Å²) >= 11 is 5.94. The lowest BCUT2D eigenvalue weighted by molar-refractivity contribution is 0.0206. The molecule has 0 spiro atoms. The van der Waals surface area contributed by atoms with Crippen LogP contribution in [0.1, 0.15) is 33.6 Å². The quantitative estimate of drug-likeness (QED) is 0.407. The summed E-state index contributed by atoms with van der Waals surface area (Å²) < 4.78 is 5.52. The van der Waals surface area contributed by atoms with Gasteiger partial charge < -0.3 is 19.9 Å². The van der Waals surface area contributed by atoms with E-state index in [2.05, 4.69) is 20.3 Å². The number of carbonyl (C=O) groups excluding carboxylic acids is 2. The molecule has 0 atom stereocenters. The maximum Gasteiger partial charge on any atom is 0.410 e. The molecule has 3 aromatic rings. The number of pyridine rings is 3. The van der Waals surface area contributed by atoms with Crippen LogP contribution in [0, 0.1) is 0 Å². The van der Waals surface area contributed by atoms with Gasteiger partial charge in [0.1, 0.15) is 10.8 Å². The van der Waals surface area contributed by atoms with E-state index < -0.39 is 5.60 Å². The Morgan fingerprint density at radius 1 is 1.14 bits per heavy atom. The number of aromatic nitrogens is 3. The molecule has 1 fully saturated rings. The molecular formula is C25H25ClN6O3. The monoisotopic (exact) mass is 492 g/mol. The van der Waals surface area contributed by atoms with Crippen molar-refractivity contribution in [2.24, 2.45) is 0 Å². The molecule has 5 heterocycles. The second-order valence-corrected chi connectivity index (χ2v) is 10.0. The molecular weight excluding hydrogens is 468 g/mol. The maximum absolute atomic E-state index is 12.5. The molecule has 1 amide bonds. The van der Waals surface area contributed by atoms with Gasteiger partial charge in [0.2, 0.25) is 0 Å². The highest BCUT2D eigenvalue weighted by molar-refractivity contribution is 6.29. The van der Waals surface area contributed by atoms with Crippen molar-refractivity contribution in [2.45, 2.75) is 45.3 Å². The fraction of sp³-hybridized carbons (Fsp3) is 0.360. The molecule has 180 valence electrons. The molecule has 0 saturated carbocycles.